The van der Waals surface area contributed by atoms with Crippen molar-refractivity contribution in [2.45, 2.75) is 52.4 Å². The van der Waals surface area contributed by atoms with Gasteiger partial charge < -0.3 is 9.47 Å². The third kappa shape index (κ3) is 9.20. The van der Waals surface area contributed by atoms with E-state index in [4.69, 9.17) is 13.7 Å². The first-order chi connectivity index (χ1) is 12.4. The van der Waals surface area contributed by atoms with Gasteiger partial charge in [-0.15, -0.1) is 0 Å². The Kier molecular flexibility index (Phi) is 10.3. The summed E-state index contributed by atoms with van der Waals surface area (Å²) < 4.78 is 37.5. The van der Waals surface area contributed by atoms with E-state index in [0.29, 0.717) is 32.5 Å². The van der Waals surface area contributed by atoms with E-state index < -0.39 is 10.1 Å². The van der Waals surface area contributed by atoms with E-state index in [2.05, 4.69) is 13.0 Å². The van der Waals surface area contributed by atoms with E-state index in [-0.39, 0.29) is 12.6 Å². The smallest absolute Gasteiger partial charge is 0.306 e. The number of hydrogen-bond donors (Lipinski definition) is 0. The summed E-state index contributed by atoms with van der Waals surface area (Å²) in [5, 5.41) is 0. The number of aryl methyl sites for hydroxylation is 1. The molecule has 0 heterocycles. The molecule has 0 unspecified atom stereocenters. The molecular formula is C19H30O6S. The molecule has 1 aromatic rings. The van der Waals surface area contributed by atoms with Crippen molar-refractivity contribution in [3.63, 3.8) is 0 Å². The van der Waals surface area contributed by atoms with Gasteiger partial charge in [0.2, 0.25) is 0 Å². The average molecular weight is 387 g/mol. The molecule has 1 aromatic carbocycles. The Labute approximate surface area is 157 Å². The van der Waals surface area contributed by atoms with E-state index in [0.717, 1.165) is 36.8 Å². The quantitative estimate of drug-likeness (QED) is 0.294. The zero-order valence-electron chi connectivity index (χ0n) is 16.0. The zero-order chi connectivity index (χ0) is 19.4. The van der Waals surface area contributed by atoms with Crippen molar-refractivity contribution in [1.82, 2.24) is 0 Å². The minimum atomic E-state index is -3.42. The topological polar surface area (TPSA) is 78.9 Å². The van der Waals surface area contributed by atoms with Crippen LogP contribution in [0.25, 0.3) is 0 Å². The number of unbranched alkanes of at least 4 members (excludes halogenated alkanes) is 1. The summed E-state index contributed by atoms with van der Waals surface area (Å²) in [5.41, 5.74) is 2.21. The summed E-state index contributed by atoms with van der Waals surface area (Å²) >= 11 is 0. The summed E-state index contributed by atoms with van der Waals surface area (Å²) in [6.45, 7) is 4.74. The van der Waals surface area contributed by atoms with E-state index in [1.54, 1.807) is 6.92 Å². The Morgan fingerprint density at radius 3 is 2.50 bits per heavy atom. The second kappa shape index (κ2) is 11.9. The highest BCUT2D eigenvalue weighted by Crippen LogP contribution is 2.26. The van der Waals surface area contributed by atoms with Gasteiger partial charge >= 0.3 is 5.97 Å². The van der Waals surface area contributed by atoms with Crippen LogP contribution in [0.3, 0.4) is 0 Å². The largest absolute Gasteiger partial charge is 0.493 e. The minimum absolute atomic E-state index is 0.0898. The van der Waals surface area contributed by atoms with Gasteiger partial charge in [-0.05, 0) is 43.4 Å². The van der Waals surface area contributed by atoms with E-state index in [9.17, 15) is 13.2 Å². The molecule has 7 heteroatoms. The number of ether oxygens (including phenoxy) is 2. The molecule has 0 aliphatic heterocycles. The molecule has 0 amide bonds. The highest BCUT2D eigenvalue weighted by atomic mass is 32.2. The first kappa shape index (κ1) is 22.4. The van der Waals surface area contributed by atoms with E-state index >= 15 is 0 Å². The lowest BCUT2D eigenvalue weighted by Crippen LogP contribution is -2.10. The Balaban J connectivity index is 2.73. The Bertz CT molecular complexity index is 654. The highest BCUT2D eigenvalue weighted by Gasteiger charge is 2.12. The molecule has 0 atom stereocenters. The normalized spacial score (nSPS) is 11.3. The fraction of sp³-hybridized carbons (Fsp3) is 0.632. The maximum absolute atomic E-state index is 11.7. The molecule has 0 N–H and O–H groups in total. The van der Waals surface area contributed by atoms with Crippen molar-refractivity contribution in [2.24, 2.45) is 0 Å². The van der Waals surface area contributed by atoms with Crippen molar-refractivity contribution >= 4 is 16.1 Å². The molecule has 0 radical (unpaired) electrons. The third-order valence-corrected chi connectivity index (χ3v) is 4.35. The number of carbonyl (C=O) groups is 1. The average Bonchev–Trinajstić information content (AvgIpc) is 2.57. The molecule has 6 nitrogen and oxygen atoms in total. The number of hydrogen-bond acceptors (Lipinski definition) is 6. The summed E-state index contributed by atoms with van der Waals surface area (Å²) in [7, 11) is -3.42. The first-order valence-corrected chi connectivity index (χ1v) is 10.9. The third-order valence-electron chi connectivity index (χ3n) is 3.76. The molecule has 0 bridgehead atoms. The zero-order valence-corrected chi connectivity index (χ0v) is 16.8. The second-order valence-corrected chi connectivity index (χ2v) is 7.67. The lowest BCUT2D eigenvalue weighted by atomic mass is 9.97. The molecule has 26 heavy (non-hydrogen) atoms. The maximum Gasteiger partial charge on any atom is 0.306 e. The molecule has 0 aliphatic carbocycles. The van der Waals surface area contributed by atoms with E-state index in [1.807, 2.05) is 12.1 Å². The number of esters is 1. The summed E-state index contributed by atoms with van der Waals surface area (Å²) in [6.07, 6.45) is 5.45. The summed E-state index contributed by atoms with van der Waals surface area (Å²) in [6, 6.07) is 5.89. The van der Waals surface area contributed by atoms with Crippen LogP contribution in [-0.4, -0.2) is 40.5 Å². The molecule has 1 rings (SSSR count). The second-order valence-electron chi connectivity index (χ2n) is 6.03. The lowest BCUT2D eigenvalue weighted by Gasteiger charge is -2.16. The summed E-state index contributed by atoms with van der Waals surface area (Å²) in [5.74, 6) is 0.521. The van der Waals surface area contributed by atoms with Gasteiger partial charge in [-0.3, -0.25) is 8.98 Å². The van der Waals surface area contributed by atoms with Crippen molar-refractivity contribution < 1.29 is 26.9 Å². The van der Waals surface area contributed by atoms with Gasteiger partial charge in [0.1, 0.15) is 5.75 Å². The molecular weight excluding hydrogens is 356 g/mol. The molecule has 148 valence electrons. The predicted octanol–water partition coefficient (Wildman–Crippen LogP) is 3.27. The molecule has 0 aromatic heterocycles. The van der Waals surface area contributed by atoms with Crippen molar-refractivity contribution in [2.75, 3.05) is 26.1 Å². The molecule has 0 saturated heterocycles. The predicted molar refractivity (Wildman–Crippen MR) is 101 cm³/mol. The summed E-state index contributed by atoms with van der Waals surface area (Å²) in [4.78, 5) is 11.7. The standard InChI is InChI=1S/C19H30O6S/c1-4-6-9-16-10-7-11-18(17(16)12-13-19(20)23-5-2)24-14-8-15-25-26(3,21)22/h7,10-11H,4-6,8-9,12-15H2,1-3H3. The van der Waals surface area contributed by atoms with Crippen LogP contribution in [0.4, 0.5) is 0 Å². The van der Waals surface area contributed by atoms with Gasteiger partial charge in [0.25, 0.3) is 10.1 Å². The highest BCUT2D eigenvalue weighted by molar-refractivity contribution is 7.85. The van der Waals surface area contributed by atoms with Crippen LogP contribution < -0.4 is 4.74 Å². The first-order valence-electron chi connectivity index (χ1n) is 9.11. The Morgan fingerprint density at radius 1 is 1.08 bits per heavy atom. The van der Waals surface area contributed by atoms with Crippen LogP contribution in [0.2, 0.25) is 0 Å². The number of rotatable bonds is 13. The van der Waals surface area contributed by atoms with Crippen LogP contribution in [0.1, 0.15) is 50.7 Å². The van der Waals surface area contributed by atoms with Crippen LogP contribution in [0, 0.1) is 0 Å². The Morgan fingerprint density at radius 2 is 1.85 bits per heavy atom. The number of benzene rings is 1. The maximum atomic E-state index is 11.7. The van der Waals surface area contributed by atoms with Gasteiger partial charge in [-0.2, -0.15) is 8.42 Å². The van der Waals surface area contributed by atoms with Crippen LogP contribution in [0.5, 0.6) is 5.75 Å². The SMILES string of the molecule is CCCCc1cccc(OCCCOS(C)(=O)=O)c1CCC(=O)OCC. The Hall–Kier alpha value is -1.60. The van der Waals surface area contributed by atoms with Crippen molar-refractivity contribution in [3.8, 4) is 5.75 Å². The van der Waals surface area contributed by atoms with Crippen LogP contribution >= 0.6 is 0 Å². The van der Waals surface area contributed by atoms with Crippen molar-refractivity contribution in [3.05, 3.63) is 29.3 Å². The van der Waals surface area contributed by atoms with Gasteiger partial charge in [-0.1, -0.05) is 25.5 Å². The fourth-order valence-electron chi connectivity index (χ4n) is 2.54. The molecule has 0 aliphatic rings. The van der Waals surface area contributed by atoms with E-state index in [1.165, 1.54) is 5.56 Å². The monoisotopic (exact) mass is 386 g/mol. The fourth-order valence-corrected chi connectivity index (χ4v) is 2.96. The molecule has 0 saturated carbocycles. The molecule has 0 spiro atoms. The minimum Gasteiger partial charge on any atom is -0.493 e. The van der Waals surface area contributed by atoms with Gasteiger partial charge in [0.15, 0.2) is 0 Å². The van der Waals surface area contributed by atoms with Gasteiger partial charge in [-0.25, -0.2) is 0 Å². The van der Waals surface area contributed by atoms with Gasteiger partial charge in [0.05, 0.1) is 26.1 Å². The van der Waals surface area contributed by atoms with Crippen LogP contribution in [-0.2, 0) is 36.7 Å². The van der Waals surface area contributed by atoms with Gasteiger partial charge in [0, 0.05) is 12.8 Å². The van der Waals surface area contributed by atoms with Crippen LogP contribution in [0.15, 0.2) is 18.2 Å². The molecule has 0 fully saturated rings. The van der Waals surface area contributed by atoms with Crippen molar-refractivity contribution in [1.29, 1.82) is 0 Å². The lowest BCUT2D eigenvalue weighted by molar-refractivity contribution is -0.143. The number of carbonyl (C=O) groups excluding carboxylic acids is 1.